The van der Waals surface area contributed by atoms with Gasteiger partial charge in [0, 0.05) is 4.91 Å². The van der Waals surface area contributed by atoms with E-state index in [0.29, 0.717) is 11.3 Å². The number of azide groups is 1. The van der Waals surface area contributed by atoms with E-state index in [-0.39, 0.29) is 15.7 Å². The molecule has 0 fully saturated rings. The molecule has 0 bridgehead atoms. The number of methoxy groups -OCH3 is 2. The zero-order chi connectivity index (χ0) is 14.4. The molecular formula is C11H9Cl2N3O3. The topological polar surface area (TPSA) is 84.3 Å². The molecule has 1 aromatic carbocycles. The molecule has 0 aromatic heterocycles. The van der Waals surface area contributed by atoms with Crippen LogP contribution in [0.1, 0.15) is 5.56 Å². The van der Waals surface area contributed by atoms with E-state index in [0.717, 1.165) is 0 Å². The zero-order valence-electron chi connectivity index (χ0n) is 10.1. The van der Waals surface area contributed by atoms with Crippen LogP contribution in [0, 0.1) is 0 Å². The van der Waals surface area contributed by atoms with Crippen molar-refractivity contribution in [1.82, 2.24) is 0 Å². The van der Waals surface area contributed by atoms with Gasteiger partial charge in [-0.2, -0.15) is 0 Å². The second-order valence-electron chi connectivity index (χ2n) is 3.20. The quantitative estimate of drug-likeness (QED) is 0.278. The summed E-state index contributed by atoms with van der Waals surface area (Å²) in [5.74, 6) is -0.381. The van der Waals surface area contributed by atoms with Crippen LogP contribution in [-0.4, -0.2) is 20.2 Å². The standard InChI is InChI=1S/C11H9Cl2N3O3/c1-18-8-4-3-6(9(12)10(8)13)5-7(15-16-14)11(17)19-2/h3-5H,1-2H3/b7-5-. The summed E-state index contributed by atoms with van der Waals surface area (Å²) < 4.78 is 9.47. The fraction of sp³-hybridized carbons (Fsp3) is 0.182. The highest BCUT2D eigenvalue weighted by molar-refractivity contribution is 6.43. The molecule has 8 heteroatoms. The Bertz CT molecular complexity index is 581. The number of halogens is 2. The number of hydrogen-bond acceptors (Lipinski definition) is 4. The SMILES string of the molecule is COC(=O)/C(=C/c1ccc(OC)c(Cl)c1Cl)N=[N+]=[N-]. The molecule has 0 N–H and O–H groups in total. The highest BCUT2D eigenvalue weighted by Crippen LogP contribution is 2.35. The molecule has 0 saturated heterocycles. The number of esters is 1. The normalized spacial score (nSPS) is 10.6. The van der Waals surface area contributed by atoms with Crippen LogP contribution in [0.2, 0.25) is 10.0 Å². The lowest BCUT2D eigenvalue weighted by atomic mass is 10.2. The molecule has 6 nitrogen and oxygen atoms in total. The number of benzene rings is 1. The molecule has 0 radical (unpaired) electrons. The molecule has 19 heavy (non-hydrogen) atoms. The van der Waals surface area contributed by atoms with E-state index in [9.17, 15) is 4.79 Å². The van der Waals surface area contributed by atoms with Gasteiger partial charge in [0.25, 0.3) is 0 Å². The third-order valence-corrected chi connectivity index (χ3v) is 3.02. The monoisotopic (exact) mass is 301 g/mol. The lowest BCUT2D eigenvalue weighted by Crippen LogP contribution is -2.02. The van der Waals surface area contributed by atoms with Crippen molar-refractivity contribution in [2.45, 2.75) is 0 Å². The lowest BCUT2D eigenvalue weighted by molar-refractivity contribution is -0.136. The van der Waals surface area contributed by atoms with Crippen molar-refractivity contribution in [3.05, 3.63) is 43.9 Å². The Labute approximate surface area is 119 Å². The van der Waals surface area contributed by atoms with E-state index in [2.05, 4.69) is 14.8 Å². The first-order valence-electron chi connectivity index (χ1n) is 4.92. The molecule has 0 unspecified atom stereocenters. The van der Waals surface area contributed by atoms with Crippen LogP contribution < -0.4 is 4.74 Å². The number of nitrogens with zero attached hydrogens (tertiary/aromatic N) is 3. The second kappa shape index (κ2) is 6.89. The van der Waals surface area contributed by atoms with Crippen molar-refractivity contribution in [2.75, 3.05) is 14.2 Å². The molecule has 0 aliphatic heterocycles. The van der Waals surface area contributed by atoms with Gasteiger partial charge in [0.15, 0.2) is 0 Å². The Kier molecular flexibility index (Phi) is 5.51. The van der Waals surface area contributed by atoms with Crippen molar-refractivity contribution in [3.63, 3.8) is 0 Å². The van der Waals surface area contributed by atoms with E-state index in [4.69, 9.17) is 33.5 Å². The Hall–Kier alpha value is -1.88. The molecule has 0 aliphatic rings. The molecule has 0 heterocycles. The van der Waals surface area contributed by atoms with Crippen LogP contribution in [0.3, 0.4) is 0 Å². The largest absolute Gasteiger partial charge is 0.495 e. The van der Waals surface area contributed by atoms with Gasteiger partial charge in [-0.15, -0.1) is 0 Å². The number of rotatable bonds is 4. The van der Waals surface area contributed by atoms with Crippen molar-refractivity contribution in [1.29, 1.82) is 0 Å². The van der Waals surface area contributed by atoms with Gasteiger partial charge in [-0.25, -0.2) is 4.79 Å². The van der Waals surface area contributed by atoms with Gasteiger partial charge in [-0.1, -0.05) is 28.3 Å². The highest BCUT2D eigenvalue weighted by atomic mass is 35.5. The van der Waals surface area contributed by atoms with Crippen LogP contribution in [0.5, 0.6) is 5.75 Å². The maximum atomic E-state index is 11.4. The Morgan fingerprint density at radius 3 is 2.58 bits per heavy atom. The van der Waals surface area contributed by atoms with E-state index < -0.39 is 5.97 Å². The van der Waals surface area contributed by atoms with Gasteiger partial charge in [-0.3, -0.25) is 0 Å². The average molecular weight is 302 g/mol. The minimum atomic E-state index is -0.777. The smallest absolute Gasteiger partial charge is 0.340 e. The van der Waals surface area contributed by atoms with Crippen molar-refractivity contribution in [2.24, 2.45) is 5.11 Å². The minimum absolute atomic E-state index is 0.176. The molecule has 0 atom stereocenters. The molecule has 100 valence electrons. The Morgan fingerprint density at radius 1 is 1.37 bits per heavy atom. The van der Waals surface area contributed by atoms with Gasteiger partial charge in [0.05, 0.1) is 19.2 Å². The number of carbonyl (C=O) groups is 1. The van der Waals surface area contributed by atoms with E-state index in [1.54, 1.807) is 12.1 Å². The predicted molar refractivity (Wildman–Crippen MR) is 72.2 cm³/mol. The highest BCUT2D eigenvalue weighted by Gasteiger charge is 2.12. The van der Waals surface area contributed by atoms with Crippen LogP contribution in [0.4, 0.5) is 0 Å². The number of ether oxygens (including phenoxy) is 2. The van der Waals surface area contributed by atoms with Crippen molar-refractivity contribution < 1.29 is 14.3 Å². The molecule has 0 amide bonds. The Morgan fingerprint density at radius 2 is 2.05 bits per heavy atom. The number of hydrogen-bond donors (Lipinski definition) is 0. The molecule has 0 saturated carbocycles. The summed E-state index contributed by atoms with van der Waals surface area (Å²) in [6.07, 6.45) is 1.28. The third kappa shape index (κ3) is 3.54. The summed E-state index contributed by atoms with van der Waals surface area (Å²) in [6, 6.07) is 3.15. The van der Waals surface area contributed by atoms with Crippen molar-refractivity contribution in [3.8, 4) is 5.75 Å². The molecular weight excluding hydrogens is 293 g/mol. The summed E-state index contributed by atoms with van der Waals surface area (Å²) in [5, 5.41) is 3.61. The van der Waals surface area contributed by atoms with E-state index in [1.165, 1.54) is 20.3 Å². The number of carbonyl (C=O) groups excluding carboxylic acids is 1. The van der Waals surface area contributed by atoms with Crippen molar-refractivity contribution >= 4 is 35.2 Å². The molecule has 1 rings (SSSR count). The minimum Gasteiger partial charge on any atom is -0.495 e. The lowest BCUT2D eigenvalue weighted by Gasteiger charge is -2.07. The first-order chi connectivity index (χ1) is 9.04. The zero-order valence-corrected chi connectivity index (χ0v) is 11.6. The van der Waals surface area contributed by atoms with Gasteiger partial charge < -0.3 is 9.47 Å². The third-order valence-electron chi connectivity index (χ3n) is 2.14. The summed E-state index contributed by atoms with van der Waals surface area (Å²) >= 11 is 12.0. The fourth-order valence-corrected chi connectivity index (χ4v) is 1.70. The molecule has 1 aromatic rings. The van der Waals surface area contributed by atoms with Crippen LogP contribution >= 0.6 is 23.2 Å². The van der Waals surface area contributed by atoms with Gasteiger partial charge in [0.1, 0.15) is 16.5 Å². The second-order valence-corrected chi connectivity index (χ2v) is 3.95. The summed E-state index contributed by atoms with van der Waals surface area (Å²) in [5.41, 5.74) is 8.57. The first kappa shape index (κ1) is 15.2. The van der Waals surface area contributed by atoms with E-state index >= 15 is 0 Å². The van der Waals surface area contributed by atoms with E-state index in [1.807, 2.05) is 0 Å². The predicted octanol–water partition coefficient (Wildman–Crippen LogP) is 3.83. The van der Waals surface area contributed by atoms with Gasteiger partial charge >= 0.3 is 5.97 Å². The summed E-state index contributed by atoms with van der Waals surface area (Å²) in [4.78, 5) is 13.9. The Balaban J connectivity index is 3.33. The molecule has 0 spiro atoms. The summed E-state index contributed by atoms with van der Waals surface area (Å²) in [7, 11) is 2.62. The van der Waals surface area contributed by atoms with Crippen LogP contribution in [0.25, 0.3) is 16.5 Å². The van der Waals surface area contributed by atoms with Crippen LogP contribution in [-0.2, 0) is 9.53 Å². The maximum Gasteiger partial charge on any atom is 0.340 e. The van der Waals surface area contributed by atoms with Crippen LogP contribution in [0.15, 0.2) is 22.9 Å². The summed E-state index contributed by atoms with van der Waals surface area (Å²) in [6.45, 7) is 0. The fourth-order valence-electron chi connectivity index (χ4n) is 1.24. The maximum absolute atomic E-state index is 11.4. The average Bonchev–Trinajstić information content (AvgIpc) is 2.42. The van der Waals surface area contributed by atoms with Gasteiger partial charge in [0.2, 0.25) is 0 Å². The first-order valence-corrected chi connectivity index (χ1v) is 5.67. The molecule has 0 aliphatic carbocycles. The van der Waals surface area contributed by atoms with Gasteiger partial charge in [-0.05, 0) is 29.3 Å².